The first-order chi connectivity index (χ1) is 6.13. The first-order valence-corrected chi connectivity index (χ1v) is 3.78. The van der Waals surface area contributed by atoms with Crippen molar-refractivity contribution < 1.29 is 0 Å². The largest absolute Gasteiger partial charge is 0.347 e. The van der Waals surface area contributed by atoms with E-state index in [9.17, 15) is 9.59 Å². The Balaban J connectivity index is 3.21. The number of rotatable bonds is 0. The number of aromatic amines is 1. The molecule has 0 aliphatic rings. The van der Waals surface area contributed by atoms with Crippen LogP contribution in [-0.2, 0) is 7.05 Å². The zero-order chi connectivity index (χ0) is 9.59. The Morgan fingerprint density at radius 3 is 2.92 bits per heavy atom. The van der Waals surface area contributed by atoms with Crippen LogP contribution in [0.1, 0.15) is 0 Å². The third-order valence-corrected chi connectivity index (χ3v) is 2.08. The van der Waals surface area contributed by atoms with E-state index in [0.717, 1.165) is 8.65 Å². The van der Waals surface area contributed by atoms with Gasteiger partial charge < -0.3 is 4.98 Å². The third kappa shape index (κ3) is 0.919. The highest BCUT2D eigenvalue weighted by Gasteiger charge is 2.10. The average molecular weight is 201 g/mol. The van der Waals surface area contributed by atoms with Crippen LogP contribution in [0.25, 0.3) is 11.2 Å². The zero-order valence-corrected chi connectivity index (χ0v) is 7.37. The van der Waals surface area contributed by atoms with Gasteiger partial charge in [0.1, 0.15) is 0 Å². The average Bonchev–Trinajstić information content (AvgIpc) is 2.59. The summed E-state index contributed by atoms with van der Waals surface area (Å²) in [5, 5.41) is 0. The monoisotopic (exact) mass is 200 g/mol. The smallest absolute Gasteiger partial charge is 0.339 e. The van der Waals surface area contributed by atoms with Crippen LogP contribution in [0, 0.1) is 0 Å². The van der Waals surface area contributed by atoms with Crippen LogP contribution in [0.3, 0.4) is 0 Å². The van der Waals surface area contributed by atoms with Crippen molar-refractivity contribution in [2.75, 3.05) is 0 Å². The molecule has 2 aromatic heterocycles. The van der Waals surface area contributed by atoms with Crippen molar-refractivity contribution in [2.45, 2.75) is 0 Å². The van der Waals surface area contributed by atoms with Gasteiger partial charge in [0.25, 0.3) is 5.56 Å². The molecule has 0 fully saturated rings. The van der Waals surface area contributed by atoms with Crippen molar-refractivity contribution in [1.82, 2.24) is 18.6 Å². The number of imidazole rings is 1. The zero-order valence-electron chi connectivity index (χ0n) is 6.61. The van der Waals surface area contributed by atoms with Gasteiger partial charge in [0.15, 0.2) is 11.2 Å². The SMILES string of the molecule is Cn1c(=O)c2[nH]cnc2n(Cl)c1=O. The van der Waals surface area contributed by atoms with Crippen LogP contribution in [0.5, 0.6) is 0 Å². The molecule has 2 heterocycles. The van der Waals surface area contributed by atoms with E-state index in [0.29, 0.717) is 0 Å². The Morgan fingerprint density at radius 2 is 2.23 bits per heavy atom. The second kappa shape index (κ2) is 2.46. The fourth-order valence-corrected chi connectivity index (χ4v) is 1.31. The van der Waals surface area contributed by atoms with E-state index < -0.39 is 11.2 Å². The number of aromatic nitrogens is 4. The molecule has 6 nitrogen and oxygen atoms in total. The minimum absolute atomic E-state index is 0.148. The highest BCUT2D eigenvalue weighted by Crippen LogP contribution is 2.00. The van der Waals surface area contributed by atoms with Gasteiger partial charge in [-0.1, -0.05) is 0 Å². The molecule has 0 saturated heterocycles. The predicted molar refractivity (Wildman–Crippen MR) is 46.8 cm³/mol. The number of halogens is 1. The predicted octanol–water partition coefficient (Wildman–Crippen LogP) is -0.575. The van der Waals surface area contributed by atoms with E-state index in [1.54, 1.807) is 0 Å². The standard InChI is InChI=1S/C6H5ClN4O2/c1-10-5(12)3-4(9-2-8-3)11(7)6(10)13/h2H,1H3,(H,8,9). The van der Waals surface area contributed by atoms with Crippen LogP contribution < -0.4 is 11.2 Å². The molecular formula is C6H5ClN4O2. The van der Waals surface area contributed by atoms with Gasteiger partial charge in [-0.15, -0.1) is 0 Å². The van der Waals surface area contributed by atoms with Gasteiger partial charge >= 0.3 is 5.69 Å². The fourth-order valence-electron chi connectivity index (χ4n) is 1.07. The fraction of sp³-hybridized carbons (Fsp3) is 0.167. The highest BCUT2D eigenvalue weighted by atomic mass is 35.5. The molecule has 0 radical (unpaired) electrons. The van der Waals surface area contributed by atoms with Gasteiger partial charge in [-0.2, -0.15) is 4.09 Å². The third-order valence-electron chi connectivity index (χ3n) is 1.78. The molecule has 0 aliphatic heterocycles. The molecule has 0 spiro atoms. The van der Waals surface area contributed by atoms with Crippen molar-refractivity contribution in [3.8, 4) is 0 Å². The van der Waals surface area contributed by atoms with Crippen LogP contribution in [-0.4, -0.2) is 18.6 Å². The number of fused-ring (bicyclic) bond motifs is 1. The van der Waals surface area contributed by atoms with Crippen LogP contribution >= 0.6 is 11.8 Å². The normalized spacial score (nSPS) is 10.9. The first kappa shape index (κ1) is 8.06. The molecule has 13 heavy (non-hydrogen) atoms. The summed E-state index contributed by atoms with van der Waals surface area (Å²) in [6.07, 6.45) is 1.31. The van der Waals surface area contributed by atoms with Crippen LogP contribution in [0.2, 0.25) is 0 Å². The molecule has 0 bridgehead atoms. The summed E-state index contributed by atoms with van der Waals surface area (Å²) in [7, 11) is 1.35. The summed E-state index contributed by atoms with van der Waals surface area (Å²) in [5.41, 5.74) is -0.674. The van der Waals surface area contributed by atoms with Crippen molar-refractivity contribution in [3.63, 3.8) is 0 Å². The Bertz CT molecular complexity index is 578. The molecule has 0 saturated carbocycles. The van der Waals surface area contributed by atoms with E-state index in [2.05, 4.69) is 9.97 Å². The Hall–Kier alpha value is -1.56. The number of nitrogens with zero attached hydrogens (tertiary/aromatic N) is 3. The lowest BCUT2D eigenvalue weighted by Crippen LogP contribution is -2.35. The first-order valence-electron chi connectivity index (χ1n) is 3.44. The quantitative estimate of drug-likeness (QED) is 0.619. The number of nitrogens with one attached hydrogen (secondary N) is 1. The molecule has 68 valence electrons. The molecule has 0 aromatic carbocycles. The highest BCUT2D eigenvalue weighted by molar-refractivity contribution is 6.17. The Kier molecular flexibility index (Phi) is 1.53. The molecule has 1 N–H and O–H groups in total. The summed E-state index contributed by atoms with van der Waals surface area (Å²) in [6, 6.07) is 0. The van der Waals surface area contributed by atoms with Crippen LogP contribution in [0.15, 0.2) is 15.9 Å². The van der Waals surface area contributed by atoms with Crippen molar-refractivity contribution in [1.29, 1.82) is 0 Å². The molecule has 0 amide bonds. The number of hydrogen-bond donors (Lipinski definition) is 1. The lowest BCUT2D eigenvalue weighted by Gasteiger charge is -1.98. The second-order valence-corrected chi connectivity index (χ2v) is 2.87. The molecule has 0 unspecified atom stereocenters. The minimum atomic E-state index is -0.605. The van der Waals surface area contributed by atoms with Gasteiger partial charge in [0, 0.05) is 18.8 Å². The Labute approximate surface area is 76.5 Å². The van der Waals surface area contributed by atoms with E-state index >= 15 is 0 Å². The van der Waals surface area contributed by atoms with E-state index in [1.807, 2.05) is 0 Å². The molecule has 7 heteroatoms. The van der Waals surface area contributed by atoms with Gasteiger partial charge in [0.2, 0.25) is 0 Å². The van der Waals surface area contributed by atoms with Gasteiger partial charge in [-0.3, -0.25) is 9.36 Å². The lowest BCUT2D eigenvalue weighted by atomic mass is 10.5. The van der Waals surface area contributed by atoms with Crippen molar-refractivity contribution in [2.24, 2.45) is 7.05 Å². The maximum atomic E-state index is 11.4. The summed E-state index contributed by atoms with van der Waals surface area (Å²) < 4.78 is 1.71. The molecule has 2 rings (SSSR count). The molecule has 0 aliphatic carbocycles. The summed E-state index contributed by atoms with van der Waals surface area (Å²) in [5.74, 6) is 0. The summed E-state index contributed by atoms with van der Waals surface area (Å²) >= 11 is 5.61. The van der Waals surface area contributed by atoms with Gasteiger partial charge in [-0.05, 0) is 0 Å². The van der Waals surface area contributed by atoms with E-state index in [4.69, 9.17) is 11.8 Å². The lowest BCUT2D eigenvalue weighted by molar-refractivity contribution is 0.773. The second-order valence-electron chi connectivity index (χ2n) is 2.53. The number of hydrogen-bond acceptors (Lipinski definition) is 3. The van der Waals surface area contributed by atoms with Gasteiger partial charge in [-0.25, -0.2) is 9.78 Å². The van der Waals surface area contributed by atoms with Crippen molar-refractivity contribution in [3.05, 3.63) is 27.2 Å². The van der Waals surface area contributed by atoms with E-state index in [-0.39, 0.29) is 11.2 Å². The minimum Gasteiger partial charge on any atom is -0.339 e. The maximum absolute atomic E-state index is 11.4. The van der Waals surface area contributed by atoms with Crippen molar-refractivity contribution >= 4 is 22.9 Å². The Morgan fingerprint density at radius 1 is 1.54 bits per heavy atom. The molecular weight excluding hydrogens is 196 g/mol. The molecule has 0 atom stereocenters. The van der Waals surface area contributed by atoms with E-state index in [1.165, 1.54) is 13.4 Å². The van der Waals surface area contributed by atoms with Crippen LogP contribution in [0.4, 0.5) is 0 Å². The van der Waals surface area contributed by atoms with Gasteiger partial charge in [0.05, 0.1) is 6.33 Å². The maximum Gasteiger partial charge on any atom is 0.347 e. The number of H-pyrrole nitrogens is 1. The molecule has 2 aromatic rings. The summed E-state index contributed by atoms with van der Waals surface area (Å²) in [6.45, 7) is 0. The topological polar surface area (TPSA) is 72.7 Å². The summed E-state index contributed by atoms with van der Waals surface area (Å²) in [4.78, 5) is 29.0.